The maximum atomic E-state index is 13.4. The molecule has 7 nitrogen and oxygen atoms in total. The minimum Gasteiger partial charge on any atom is -0.462 e. The van der Waals surface area contributed by atoms with Crippen LogP contribution in [-0.2, 0) is 14.3 Å². The molecular weight excluding hydrogens is 474 g/mol. The number of nitrogens with one attached hydrogen (secondary N) is 1. The largest absolute Gasteiger partial charge is 0.462 e. The van der Waals surface area contributed by atoms with Gasteiger partial charge in [-0.3, -0.25) is 19.8 Å². The van der Waals surface area contributed by atoms with Gasteiger partial charge in [0.15, 0.2) is 5.11 Å². The highest BCUT2D eigenvalue weighted by Crippen LogP contribution is 2.27. The smallest absolute Gasteiger partial charge is 0.338 e. The van der Waals surface area contributed by atoms with Gasteiger partial charge in [0, 0.05) is 17.1 Å². The van der Waals surface area contributed by atoms with Gasteiger partial charge in [0.05, 0.1) is 17.9 Å². The molecule has 1 aliphatic heterocycles. The van der Waals surface area contributed by atoms with Crippen LogP contribution in [0.15, 0.2) is 54.1 Å². The van der Waals surface area contributed by atoms with E-state index in [9.17, 15) is 14.4 Å². The highest BCUT2D eigenvalue weighted by atomic mass is 32.1. The molecule has 184 valence electrons. The molecule has 0 unspecified atom stereocenters. The molecule has 0 atom stereocenters. The lowest BCUT2D eigenvalue weighted by atomic mass is 10.1. The number of anilines is 1. The lowest BCUT2D eigenvalue weighted by molar-refractivity contribution is -0.122. The third kappa shape index (κ3) is 4.59. The van der Waals surface area contributed by atoms with Gasteiger partial charge in [0.1, 0.15) is 5.57 Å². The van der Waals surface area contributed by atoms with Crippen molar-refractivity contribution < 1.29 is 19.1 Å². The number of aromatic nitrogens is 1. The van der Waals surface area contributed by atoms with Crippen molar-refractivity contribution in [1.82, 2.24) is 9.88 Å². The highest BCUT2D eigenvalue weighted by Gasteiger charge is 2.35. The minimum absolute atomic E-state index is 0.000243. The first kappa shape index (κ1) is 25.1. The molecule has 1 N–H and O–H groups in total. The number of nitrogens with zero attached hydrogens (tertiary/aromatic N) is 2. The molecule has 1 aromatic heterocycles. The summed E-state index contributed by atoms with van der Waals surface area (Å²) in [5.41, 5.74) is 6.51. The Bertz CT molecular complexity index is 1430. The van der Waals surface area contributed by atoms with Gasteiger partial charge in [-0.15, -0.1) is 0 Å². The van der Waals surface area contributed by atoms with Gasteiger partial charge in [-0.2, -0.15) is 0 Å². The van der Waals surface area contributed by atoms with Gasteiger partial charge < -0.3 is 9.30 Å². The molecule has 0 aliphatic carbocycles. The Kier molecular flexibility index (Phi) is 6.90. The van der Waals surface area contributed by atoms with Crippen LogP contribution in [0.1, 0.15) is 45.4 Å². The summed E-state index contributed by atoms with van der Waals surface area (Å²) >= 11 is 5.33. The summed E-state index contributed by atoms with van der Waals surface area (Å²) in [6, 6.07) is 14.6. The molecule has 1 saturated heterocycles. The number of esters is 1. The molecule has 2 heterocycles. The lowest BCUT2D eigenvalue weighted by Crippen LogP contribution is -2.54. The molecule has 8 heteroatoms. The molecule has 3 aromatic rings. The first-order chi connectivity index (χ1) is 17.1. The summed E-state index contributed by atoms with van der Waals surface area (Å²) < 4.78 is 7.05. The normalized spacial score (nSPS) is 14.9. The highest BCUT2D eigenvalue weighted by molar-refractivity contribution is 7.80. The van der Waals surface area contributed by atoms with E-state index in [4.69, 9.17) is 17.0 Å². The van der Waals surface area contributed by atoms with Gasteiger partial charge in [0.25, 0.3) is 11.8 Å². The molecule has 0 radical (unpaired) electrons. The molecule has 4 rings (SSSR count). The summed E-state index contributed by atoms with van der Waals surface area (Å²) in [4.78, 5) is 39.5. The fourth-order valence-corrected chi connectivity index (χ4v) is 4.49. The van der Waals surface area contributed by atoms with Crippen LogP contribution >= 0.6 is 12.2 Å². The van der Waals surface area contributed by atoms with Crippen molar-refractivity contribution in [3.05, 3.63) is 87.7 Å². The fraction of sp³-hybridized carbons (Fsp3) is 0.214. The zero-order valence-corrected chi connectivity index (χ0v) is 21.7. The predicted molar refractivity (Wildman–Crippen MR) is 143 cm³/mol. The van der Waals surface area contributed by atoms with Crippen LogP contribution in [0.4, 0.5) is 5.69 Å². The van der Waals surface area contributed by atoms with E-state index in [0.29, 0.717) is 17.9 Å². The van der Waals surface area contributed by atoms with Crippen LogP contribution in [0, 0.1) is 27.7 Å². The van der Waals surface area contributed by atoms with Gasteiger partial charge in [-0.25, -0.2) is 4.79 Å². The van der Waals surface area contributed by atoms with E-state index in [1.54, 1.807) is 25.1 Å². The van der Waals surface area contributed by atoms with Crippen molar-refractivity contribution in [3.63, 3.8) is 0 Å². The molecular formula is C28H27N3O4S. The summed E-state index contributed by atoms with van der Waals surface area (Å²) in [5, 5.41) is 2.69. The maximum absolute atomic E-state index is 13.4. The van der Waals surface area contributed by atoms with Crippen LogP contribution in [0.2, 0.25) is 0 Å². The van der Waals surface area contributed by atoms with E-state index >= 15 is 0 Å². The minimum atomic E-state index is -0.534. The maximum Gasteiger partial charge on any atom is 0.338 e. The van der Waals surface area contributed by atoms with Crippen LogP contribution in [-0.4, -0.2) is 34.1 Å². The Labute approximate surface area is 215 Å². The number of thiocarbonyl (C=S) groups is 1. The number of amides is 2. The number of rotatable bonds is 5. The Hall–Kier alpha value is -4.04. The molecule has 2 amide bonds. The molecule has 2 aromatic carbocycles. The average Bonchev–Trinajstić information content (AvgIpc) is 3.11. The van der Waals surface area contributed by atoms with Crippen molar-refractivity contribution in [1.29, 1.82) is 0 Å². The average molecular weight is 502 g/mol. The number of aryl methyl sites for hydroxylation is 3. The standard InChI is InChI=1S/C28H27N3O4S/c1-6-35-27(34)20-8-11-22(12-9-20)30-18(4)14-21(19(30)5)15-24-25(32)29-28(36)31(26(24)33)23-10-7-16(2)17(3)13-23/h7-15H,6H2,1-5H3,(H,29,32,36). The number of ether oxygens (including phenoxy) is 1. The summed E-state index contributed by atoms with van der Waals surface area (Å²) in [6.45, 7) is 9.87. The Morgan fingerprint density at radius 3 is 2.28 bits per heavy atom. The Balaban J connectivity index is 1.70. The van der Waals surface area contributed by atoms with E-state index in [0.717, 1.165) is 33.8 Å². The Morgan fingerprint density at radius 2 is 1.64 bits per heavy atom. The summed E-state index contributed by atoms with van der Waals surface area (Å²) in [5.74, 6) is -1.38. The molecule has 0 bridgehead atoms. The van der Waals surface area contributed by atoms with Crippen LogP contribution < -0.4 is 10.2 Å². The molecule has 1 aliphatic rings. The number of benzene rings is 2. The van der Waals surface area contributed by atoms with E-state index in [1.165, 1.54) is 4.90 Å². The number of carbonyl (C=O) groups is 3. The molecule has 0 saturated carbocycles. The van der Waals surface area contributed by atoms with E-state index in [1.807, 2.05) is 68.7 Å². The summed E-state index contributed by atoms with van der Waals surface area (Å²) in [6.07, 6.45) is 1.60. The molecule has 1 fully saturated rings. The van der Waals surface area contributed by atoms with Gasteiger partial charge in [-0.1, -0.05) is 6.07 Å². The predicted octanol–water partition coefficient (Wildman–Crippen LogP) is 4.72. The Morgan fingerprint density at radius 1 is 0.972 bits per heavy atom. The first-order valence-electron chi connectivity index (χ1n) is 11.6. The quantitative estimate of drug-likeness (QED) is 0.237. The van der Waals surface area contributed by atoms with Gasteiger partial charge in [0.2, 0.25) is 0 Å². The van der Waals surface area contributed by atoms with Crippen molar-refractivity contribution in [2.45, 2.75) is 34.6 Å². The van der Waals surface area contributed by atoms with Gasteiger partial charge in [-0.05, 0) is 112 Å². The zero-order chi connectivity index (χ0) is 26.1. The third-order valence-electron chi connectivity index (χ3n) is 6.26. The topological polar surface area (TPSA) is 80.6 Å². The van der Waals surface area contributed by atoms with Crippen LogP contribution in [0.5, 0.6) is 0 Å². The van der Waals surface area contributed by atoms with E-state index < -0.39 is 11.8 Å². The van der Waals surface area contributed by atoms with Crippen molar-refractivity contribution >= 4 is 46.9 Å². The monoisotopic (exact) mass is 501 g/mol. The van der Waals surface area contributed by atoms with Crippen molar-refractivity contribution in [2.75, 3.05) is 11.5 Å². The van der Waals surface area contributed by atoms with Crippen molar-refractivity contribution in [2.24, 2.45) is 0 Å². The number of carbonyl (C=O) groups excluding carboxylic acids is 3. The fourth-order valence-electron chi connectivity index (χ4n) is 4.20. The second kappa shape index (κ2) is 9.91. The first-order valence-corrected chi connectivity index (χ1v) is 12.0. The molecule has 0 spiro atoms. The summed E-state index contributed by atoms with van der Waals surface area (Å²) in [7, 11) is 0. The molecule has 36 heavy (non-hydrogen) atoms. The van der Waals surface area contributed by atoms with Gasteiger partial charge >= 0.3 is 5.97 Å². The van der Waals surface area contributed by atoms with E-state index in [2.05, 4.69) is 5.32 Å². The zero-order valence-electron chi connectivity index (χ0n) is 20.8. The second-order valence-corrected chi connectivity index (χ2v) is 9.04. The van der Waals surface area contributed by atoms with Crippen LogP contribution in [0.25, 0.3) is 11.8 Å². The number of hydrogen-bond acceptors (Lipinski definition) is 5. The third-order valence-corrected chi connectivity index (χ3v) is 6.54. The lowest BCUT2D eigenvalue weighted by Gasteiger charge is -2.29. The van der Waals surface area contributed by atoms with Crippen molar-refractivity contribution in [3.8, 4) is 5.69 Å². The SMILES string of the molecule is CCOC(=O)c1ccc(-n2c(C)cc(C=C3C(=O)NC(=S)N(c4ccc(C)c(C)c4)C3=O)c2C)cc1. The van der Waals surface area contributed by atoms with Crippen LogP contribution in [0.3, 0.4) is 0 Å². The second-order valence-electron chi connectivity index (χ2n) is 8.66. The number of hydrogen-bond donors (Lipinski definition) is 1. The van der Waals surface area contributed by atoms with E-state index in [-0.39, 0.29) is 16.7 Å².